The van der Waals surface area contributed by atoms with Gasteiger partial charge in [0.25, 0.3) is 0 Å². The van der Waals surface area contributed by atoms with Crippen molar-refractivity contribution < 1.29 is 4.42 Å². The third-order valence-corrected chi connectivity index (χ3v) is 12.7. The van der Waals surface area contributed by atoms with Crippen LogP contribution in [0.15, 0.2) is 253 Å². The van der Waals surface area contributed by atoms with Crippen molar-refractivity contribution >= 4 is 60.5 Å². The average Bonchev–Trinajstić information content (AvgIpc) is 3.77. The van der Waals surface area contributed by atoms with Crippen molar-refractivity contribution in [3.63, 3.8) is 0 Å². The van der Waals surface area contributed by atoms with E-state index in [1.807, 2.05) is 0 Å². The Morgan fingerprint density at radius 2 is 0.641 bits per heavy atom. The average molecular weight is 816 g/mol. The highest BCUT2D eigenvalue weighted by molar-refractivity contribution is 6.24. The van der Waals surface area contributed by atoms with Gasteiger partial charge < -0.3 is 9.32 Å². The van der Waals surface area contributed by atoms with E-state index in [1.165, 1.54) is 60.7 Å². The first-order chi connectivity index (χ1) is 31.7. The lowest BCUT2D eigenvalue weighted by Gasteiger charge is -2.26. The molecule has 0 aliphatic carbocycles. The van der Waals surface area contributed by atoms with Crippen LogP contribution in [0.2, 0.25) is 0 Å². The van der Waals surface area contributed by atoms with Gasteiger partial charge in [-0.2, -0.15) is 0 Å². The number of fused-ring (bicyclic) bond motifs is 7. The number of para-hydroxylation sites is 1. The molecule has 1 aromatic heterocycles. The minimum Gasteiger partial charge on any atom is -0.455 e. The fourth-order valence-electron chi connectivity index (χ4n) is 9.40. The van der Waals surface area contributed by atoms with Crippen molar-refractivity contribution in [2.75, 3.05) is 4.90 Å². The van der Waals surface area contributed by atoms with Crippen LogP contribution >= 0.6 is 0 Å². The first-order valence-corrected chi connectivity index (χ1v) is 21.9. The van der Waals surface area contributed by atoms with Gasteiger partial charge in [-0.05, 0) is 115 Å². The van der Waals surface area contributed by atoms with Gasteiger partial charge >= 0.3 is 0 Å². The van der Waals surface area contributed by atoms with Crippen LogP contribution in [0.4, 0.5) is 17.1 Å². The maximum Gasteiger partial charge on any atom is 0.143 e. The van der Waals surface area contributed by atoms with Crippen LogP contribution < -0.4 is 4.90 Å². The van der Waals surface area contributed by atoms with Gasteiger partial charge in [-0.3, -0.25) is 0 Å². The maximum absolute atomic E-state index is 7.00. The van der Waals surface area contributed by atoms with Crippen LogP contribution in [0.25, 0.3) is 99.1 Å². The number of hydrogen-bond donors (Lipinski definition) is 0. The molecule has 300 valence electrons. The molecule has 0 saturated carbocycles. The molecule has 0 fully saturated rings. The summed E-state index contributed by atoms with van der Waals surface area (Å²) in [5, 5.41) is 6.95. The minimum atomic E-state index is 0.899. The molecule has 0 unspecified atom stereocenters. The van der Waals surface area contributed by atoms with Crippen LogP contribution in [0.5, 0.6) is 0 Å². The van der Waals surface area contributed by atoms with E-state index in [4.69, 9.17) is 4.42 Å². The molecule has 0 saturated heterocycles. The van der Waals surface area contributed by atoms with Gasteiger partial charge in [0.15, 0.2) is 0 Å². The van der Waals surface area contributed by atoms with Gasteiger partial charge in [0.05, 0.1) is 0 Å². The second-order valence-corrected chi connectivity index (χ2v) is 16.5. The van der Waals surface area contributed by atoms with Crippen molar-refractivity contribution in [1.82, 2.24) is 0 Å². The monoisotopic (exact) mass is 815 g/mol. The summed E-state index contributed by atoms with van der Waals surface area (Å²) in [6, 6.07) is 89.4. The number of hydrogen-bond acceptors (Lipinski definition) is 2. The van der Waals surface area contributed by atoms with Crippen LogP contribution in [0.1, 0.15) is 0 Å². The summed E-state index contributed by atoms with van der Waals surface area (Å²) in [7, 11) is 0. The van der Waals surface area contributed by atoms with Crippen LogP contribution in [0.3, 0.4) is 0 Å². The van der Waals surface area contributed by atoms with Crippen LogP contribution in [0, 0.1) is 0 Å². The predicted molar refractivity (Wildman–Crippen MR) is 271 cm³/mol. The number of rotatable bonds is 8. The highest BCUT2D eigenvalue weighted by Crippen LogP contribution is 2.43. The lowest BCUT2D eigenvalue weighted by molar-refractivity contribution is 0.674. The Bertz CT molecular complexity index is 3590. The van der Waals surface area contributed by atoms with E-state index in [0.29, 0.717) is 0 Å². The lowest BCUT2D eigenvalue weighted by Crippen LogP contribution is -2.09. The van der Waals surface area contributed by atoms with E-state index in [9.17, 15) is 0 Å². The first kappa shape index (κ1) is 37.3. The summed E-state index contributed by atoms with van der Waals surface area (Å²) in [5.41, 5.74) is 16.8. The standard InChI is InChI=1S/C62H41NO/c1-4-11-42(12-5-1)45-19-21-46(22-20-45)48-27-35-54(36-28-48)63(53-33-25-47(26-34-53)43-13-6-2-7-14-43)55-37-29-49(30-38-55)57-17-10-18-58-59-40-31-50-23-24-52-41-51(44-15-8-3-9-16-44)32-39-56(52)60(50)62(59)64-61(57)58/h1-41H. The smallest absolute Gasteiger partial charge is 0.143 e. The van der Waals surface area contributed by atoms with E-state index in [-0.39, 0.29) is 0 Å². The Labute approximate surface area is 372 Å². The first-order valence-electron chi connectivity index (χ1n) is 21.9. The van der Waals surface area contributed by atoms with Crippen LogP contribution in [-0.4, -0.2) is 0 Å². The van der Waals surface area contributed by atoms with E-state index in [2.05, 4.69) is 254 Å². The van der Waals surface area contributed by atoms with E-state index in [0.717, 1.165) is 55.5 Å². The largest absolute Gasteiger partial charge is 0.455 e. The van der Waals surface area contributed by atoms with Gasteiger partial charge in [0, 0.05) is 38.8 Å². The molecule has 1 heterocycles. The third-order valence-electron chi connectivity index (χ3n) is 12.7. The summed E-state index contributed by atoms with van der Waals surface area (Å²) in [5.74, 6) is 0. The summed E-state index contributed by atoms with van der Waals surface area (Å²) >= 11 is 0. The van der Waals surface area contributed by atoms with Crippen molar-refractivity contribution in [3.05, 3.63) is 249 Å². The van der Waals surface area contributed by atoms with E-state index in [1.54, 1.807) is 0 Å². The molecule has 12 aromatic rings. The molecule has 0 spiro atoms. The maximum atomic E-state index is 7.00. The molecule has 64 heavy (non-hydrogen) atoms. The molecule has 0 bridgehead atoms. The minimum absolute atomic E-state index is 0.899. The summed E-state index contributed by atoms with van der Waals surface area (Å²) < 4.78 is 7.00. The van der Waals surface area contributed by atoms with Crippen molar-refractivity contribution in [2.45, 2.75) is 0 Å². The SMILES string of the molecule is c1ccc(-c2ccc(-c3ccc(N(c4ccc(-c5ccccc5)cc4)c4ccc(-c5cccc6c5oc5c6ccc6ccc7cc(-c8ccccc8)ccc7c65)cc4)cc3)cc2)cc1. The van der Waals surface area contributed by atoms with Gasteiger partial charge in [0.1, 0.15) is 11.2 Å². The predicted octanol–water partition coefficient (Wildman–Crippen LogP) is 17.7. The molecule has 11 aromatic carbocycles. The molecule has 2 heteroatoms. The Balaban J connectivity index is 0.916. The highest BCUT2D eigenvalue weighted by Gasteiger charge is 2.18. The molecule has 2 nitrogen and oxygen atoms in total. The van der Waals surface area contributed by atoms with Crippen molar-refractivity contribution in [3.8, 4) is 55.6 Å². The molecular formula is C62H41NO. The lowest BCUT2D eigenvalue weighted by atomic mass is 9.96. The van der Waals surface area contributed by atoms with E-state index < -0.39 is 0 Å². The Hall–Kier alpha value is -8.46. The zero-order chi connectivity index (χ0) is 42.4. The van der Waals surface area contributed by atoms with Gasteiger partial charge in [-0.25, -0.2) is 0 Å². The number of benzene rings is 11. The highest BCUT2D eigenvalue weighted by atomic mass is 16.3. The molecule has 0 aliphatic heterocycles. The summed E-state index contributed by atoms with van der Waals surface area (Å²) in [4.78, 5) is 2.34. The van der Waals surface area contributed by atoms with Crippen LogP contribution in [-0.2, 0) is 0 Å². The zero-order valence-electron chi connectivity index (χ0n) is 35.0. The Morgan fingerprint density at radius 1 is 0.250 bits per heavy atom. The molecule has 0 atom stereocenters. The molecule has 0 aliphatic rings. The van der Waals surface area contributed by atoms with Gasteiger partial charge in [-0.1, -0.05) is 200 Å². The second kappa shape index (κ2) is 15.8. The summed E-state index contributed by atoms with van der Waals surface area (Å²) in [6.45, 7) is 0. The normalized spacial score (nSPS) is 11.4. The van der Waals surface area contributed by atoms with E-state index >= 15 is 0 Å². The molecule has 0 amide bonds. The Morgan fingerprint density at radius 3 is 1.17 bits per heavy atom. The molecular weight excluding hydrogens is 775 g/mol. The molecule has 0 N–H and O–H groups in total. The van der Waals surface area contributed by atoms with Crippen molar-refractivity contribution in [2.24, 2.45) is 0 Å². The fraction of sp³-hybridized carbons (Fsp3) is 0. The van der Waals surface area contributed by atoms with Crippen molar-refractivity contribution in [1.29, 1.82) is 0 Å². The van der Waals surface area contributed by atoms with Gasteiger partial charge in [-0.15, -0.1) is 0 Å². The fourth-order valence-corrected chi connectivity index (χ4v) is 9.40. The second-order valence-electron chi connectivity index (χ2n) is 16.5. The quantitative estimate of drug-likeness (QED) is 0.142. The molecule has 0 radical (unpaired) electrons. The topological polar surface area (TPSA) is 16.4 Å². The number of nitrogens with zero attached hydrogens (tertiary/aromatic N) is 1. The molecule has 12 rings (SSSR count). The summed E-state index contributed by atoms with van der Waals surface area (Å²) in [6.07, 6.45) is 0. The third kappa shape index (κ3) is 6.70. The zero-order valence-corrected chi connectivity index (χ0v) is 35.0. The van der Waals surface area contributed by atoms with Gasteiger partial charge in [0.2, 0.25) is 0 Å². The Kier molecular flexibility index (Phi) is 9.20. The number of furan rings is 1. The number of anilines is 3.